The van der Waals surface area contributed by atoms with E-state index in [0.29, 0.717) is 48.9 Å². The standard InChI is InChI=1S/C41H57ClN4O5/c1-3-4-5-6-7-8-9-10-11-12-27-43-38(47)17-14-29-51-37-24-20-35(21-25-37)45-40(46-39(48)31-33-15-13-16-34(42)30-33)41(49)44-28-26-32-18-22-36(50-2)23-19-32/h13,15-16,18-25,30,40,45H,3-12,14,17,26-29,31H2,1-2H3,(H,43,47)(H,44,49)(H,46,48). The number of rotatable bonds is 26. The maximum atomic E-state index is 13.3. The van der Waals surface area contributed by atoms with E-state index in [1.165, 1.54) is 51.4 Å². The van der Waals surface area contributed by atoms with Gasteiger partial charge in [-0.3, -0.25) is 14.4 Å². The molecule has 3 aromatic rings. The normalized spacial score (nSPS) is 11.4. The van der Waals surface area contributed by atoms with Gasteiger partial charge in [0.25, 0.3) is 5.91 Å². The fourth-order valence-corrected chi connectivity index (χ4v) is 5.81. The van der Waals surface area contributed by atoms with Crippen molar-refractivity contribution < 1.29 is 23.9 Å². The third-order valence-electron chi connectivity index (χ3n) is 8.53. The molecule has 1 atom stereocenters. The van der Waals surface area contributed by atoms with Gasteiger partial charge in [0.15, 0.2) is 6.17 Å². The van der Waals surface area contributed by atoms with Gasteiger partial charge in [-0.15, -0.1) is 0 Å². The summed E-state index contributed by atoms with van der Waals surface area (Å²) in [5.41, 5.74) is 2.42. The summed E-state index contributed by atoms with van der Waals surface area (Å²) in [7, 11) is 1.62. The molecule has 51 heavy (non-hydrogen) atoms. The molecule has 0 aliphatic heterocycles. The molecular formula is C41H57ClN4O5. The highest BCUT2D eigenvalue weighted by molar-refractivity contribution is 6.30. The Kier molecular flexibility index (Phi) is 20.1. The minimum atomic E-state index is -1.02. The molecule has 0 aliphatic rings. The number of halogens is 1. The zero-order valence-corrected chi connectivity index (χ0v) is 31.2. The average molecular weight is 721 g/mol. The Labute approximate surface area is 309 Å². The Hall–Kier alpha value is -4.24. The van der Waals surface area contributed by atoms with E-state index in [1.54, 1.807) is 49.6 Å². The molecule has 1 unspecified atom stereocenters. The maximum absolute atomic E-state index is 13.3. The lowest BCUT2D eigenvalue weighted by molar-refractivity contribution is -0.128. The van der Waals surface area contributed by atoms with Crippen LogP contribution in [0.25, 0.3) is 0 Å². The Morgan fingerprint density at radius 1 is 0.706 bits per heavy atom. The van der Waals surface area contributed by atoms with E-state index in [2.05, 4.69) is 28.2 Å². The second-order valence-corrected chi connectivity index (χ2v) is 13.3. The summed E-state index contributed by atoms with van der Waals surface area (Å²) in [4.78, 5) is 38.4. The average Bonchev–Trinajstić information content (AvgIpc) is 3.13. The number of hydrogen-bond acceptors (Lipinski definition) is 6. The molecular weight excluding hydrogens is 664 g/mol. The number of anilines is 1. The first-order chi connectivity index (χ1) is 24.9. The van der Waals surface area contributed by atoms with Gasteiger partial charge in [-0.2, -0.15) is 0 Å². The molecule has 0 aromatic heterocycles. The van der Waals surface area contributed by atoms with Crippen LogP contribution in [0.2, 0.25) is 5.02 Å². The number of benzene rings is 3. The van der Waals surface area contributed by atoms with Crippen LogP contribution in [-0.4, -0.2) is 50.7 Å². The lowest BCUT2D eigenvalue weighted by atomic mass is 10.1. The predicted molar refractivity (Wildman–Crippen MR) is 206 cm³/mol. The summed E-state index contributed by atoms with van der Waals surface area (Å²) >= 11 is 6.09. The van der Waals surface area contributed by atoms with E-state index in [-0.39, 0.29) is 24.1 Å². The first kappa shape index (κ1) is 41.2. The van der Waals surface area contributed by atoms with Crippen molar-refractivity contribution in [2.75, 3.05) is 32.1 Å². The lowest BCUT2D eigenvalue weighted by Gasteiger charge is -2.21. The second-order valence-electron chi connectivity index (χ2n) is 12.8. The largest absolute Gasteiger partial charge is 0.497 e. The number of amides is 3. The van der Waals surface area contributed by atoms with Gasteiger partial charge in [0.2, 0.25) is 11.8 Å². The summed E-state index contributed by atoms with van der Waals surface area (Å²) < 4.78 is 11.1. The van der Waals surface area contributed by atoms with Gasteiger partial charge in [-0.05, 0) is 78.9 Å². The summed E-state index contributed by atoms with van der Waals surface area (Å²) in [6, 6.07) is 21.9. The van der Waals surface area contributed by atoms with Gasteiger partial charge >= 0.3 is 0 Å². The molecule has 3 aromatic carbocycles. The molecule has 0 heterocycles. The molecule has 0 bridgehead atoms. The molecule has 3 amide bonds. The molecule has 0 radical (unpaired) electrons. The topological polar surface area (TPSA) is 118 Å². The Morgan fingerprint density at radius 3 is 2.04 bits per heavy atom. The van der Waals surface area contributed by atoms with Crippen LogP contribution in [0.1, 0.15) is 95.1 Å². The van der Waals surface area contributed by atoms with Crippen molar-refractivity contribution in [1.29, 1.82) is 0 Å². The zero-order valence-electron chi connectivity index (χ0n) is 30.4. The van der Waals surface area contributed by atoms with Crippen LogP contribution in [0.5, 0.6) is 11.5 Å². The van der Waals surface area contributed by atoms with Gasteiger partial charge in [0, 0.05) is 30.2 Å². The molecule has 0 saturated carbocycles. The first-order valence-corrected chi connectivity index (χ1v) is 18.9. The van der Waals surface area contributed by atoms with Gasteiger partial charge in [0.05, 0.1) is 20.1 Å². The Bertz CT molecular complexity index is 1430. The maximum Gasteiger partial charge on any atom is 0.263 e. The van der Waals surface area contributed by atoms with Crippen LogP contribution in [0.15, 0.2) is 72.8 Å². The Balaban J connectivity index is 1.39. The fourth-order valence-electron chi connectivity index (χ4n) is 5.60. The number of methoxy groups -OCH3 is 1. The highest BCUT2D eigenvalue weighted by Gasteiger charge is 2.21. The Morgan fingerprint density at radius 2 is 1.37 bits per heavy atom. The molecule has 0 spiro atoms. The monoisotopic (exact) mass is 720 g/mol. The first-order valence-electron chi connectivity index (χ1n) is 18.6. The van der Waals surface area contributed by atoms with Crippen LogP contribution in [0, 0.1) is 0 Å². The number of unbranched alkanes of at least 4 members (excludes halogenated alkanes) is 9. The minimum absolute atomic E-state index is 0.0554. The van der Waals surface area contributed by atoms with Crippen LogP contribution in [-0.2, 0) is 27.2 Å². The van der Waals surface area contributed by atoms with E-state index in [0.717, 1.165) is 36.3 Å². The summed E-state index contributed by atoms with van der Waals surface area (Å²) in [6.07, 6.45) is 13.5. The lowest BCUT2D eigenvalue weighted by Crippen LogP contribution is -2.52. The number of hydrogen-bond donors (Lipinski definition) is 4. The summed E-state index contributed by atoms with van der Waals surface area (Å²) in [5.74, 6) is 0.780. The predicted octanol–water partition coefficient (Wildman–Crippen LogP) is 8.00. The quantitative estimate of drug-likeness (QED) is 0.0493. The summed E-state index contributed by atoms with van der Waals surface area (Å²) in [5, 5.41) is 12.4. The van der Waals surface area contributed by atoms with Crippen molar-refractivity contribution in [2.45, 2.75) is 103 Å². The molecule has 3 rings (SSSR count). The number of carbonyl (C=O) groups is 3. The van der Waals surface area contributed by atoms with Crippen molar-refractivity contribution in [1.82, 2.24) is 16.0 Å². The van der Waals surface area contributed by atoms with Gasteiger partial charge < -0.3 is 30.7 Å². The van der Waals surface area contributed by atoms with Crippen molar-refractivity contribution >= 4 is 35.0 Å². The smallest absolute Gasteiger partial charge is 0.263 e. The SMILES string of the molecule is CCCCCCCCCCCCNC(=O)CCCOc1ccc(NC(NC(=O)Cc2cccc(Cl)c2)C(=O)NCCc2ccc(OC)cc2)cc1. The van der Waals surface area contributed by atoms with Gasteiger partial charge in [-0.1, -0.05) is 101 Å². The molecule has 0 saturated heterocycles. The fraction of sp³-hybridized carbons (Fsp3) is 0.488. The zero-order chi connectivity index (χ0) is 36.5. The molecule has 0 fully saturated rings. The molecule has 9 nitrogen and oxygen atoms in total. The van der Waals surface area contributed by atoms with Gasteiger partial charge in [-0.25, -0.2) is 0 Å². The highest BCUT2D eigenvalue weighted by Crippen LogP contribution is 2.18. The highest BCUT2D eigenvalue weighted by atomic mass is 35.5. The van der Waals surface area contributed by atoms with Gasteiger partial charge in [0.1, 0.15) is 11.5 Å². The van der Waals surface area contributed by atoms with Crippen molar-refractivity contribution in [3.63, 3.8) is 0 Å². The van der Waals surface area contributed by atoms with E-state index in [1.807, 2.05) is 30.3 Å². The number of nitrogens with one attached hydrogen (secondary N) is 4. The van der Waals surface area contributed by atoms with E-state index >= 15 is 0 Å². The van der Waals surface area contributed by atoms with E-state index < -0.39 is 6.17 Å². The van der Waals surface area contributed by atoms with Crippen molar-refractivity contribution in [3.8, 4) is 11.5 Å². The number of ether oxygens (including phenoxy) is 2. The molecule has 0 aliphatic carbocycles. The molecule has 10 heteroatoms. The second kappa shape index (κ2) is 24.8. The van der Waals surface area contributed by atoms with Crippen LogP contribution >= 0.6 is 11.6 Å². The number of carbonyl (C=O) groups excluding carboxylic acids is 3. The van der Waals surface area contributed by atoms with Crippen LogP contribution in [0.3, 0.4) is 0 Å². The van der Waals surface area contributed by atoms with Crippen LogP contribution in [0.4, 0.5) is 5.69 Å². The minimum Gasteiger partial charge on any atom is -0.497 e. The third kappa shape index (κ3) is 18.0. The summed E-state index contributed by atoms with van der Waals surface area (Å²) in [6.45, 7) is 3.78. The van der Waals surface area contributed by atoms with E-state index in [4.69, 9.17) is 21.1 Å². The van der Waals surface area contributed by atoms with Crippen molar-refractivity contribution in [2.24, 2.45) is 0 Å². The van der Waals surface area contributed by atoms with Crippen molar-refractivity contribution in [3.05, 3.63) is 88.9 Å². The van der Waals surface area contributed by atoms with Crippen LogP contribution < -0.4 is 30.7 Å². The van der Waals surface area contributed by atoms with E-state index in [9.17, 15) is 14.4 Å². The molecule has 4 N–H and O–H groups in total. The molecule has 278 valence electrons. The third-order valence-corrected chi connectivity index (χ3v) is 8.76.